The van der Waals surface area contributed by atoms with Crippen LogP contribution < -0.4 is 9.47 Å². The Labute approximate surface area is 199 Å². The van der Waals surface area contributed by atoms with Gasteiger partial charge in [-0.25, -0.2) is 0 Å². The standard InChI is InChI=1S/C26H30ClNO5/c1-5-7-12-28-22(17-8-10-18(11-9-17)33-13-6-2)21(24(30)26(28)31)23(29)19-14-16(3)15-20(27)25(19)32-4/h8-11,14-15,22,29H,5-7,12-13H2,1-4H3/b23-21+. The summed E-state index contributed by atoms with van der Waals surface area (Å²) >= 11 is 6.33. The highest BCUT2D eigenvalue weighted by Gasteiger charge is 2.46. The van der Waals surface area contributed by atoms with Crippen molar-refractivity contribution in [1.29, 1.82) is 0 Å². The monoisotopic (exact) mass is 471 g/mol. The van der Waals surface area contributed by atoms with E-state index in [1.54, 1.807) is 12.1 Å². The summed E-state index contributed by atoms with van der Waals surface area (Å²) in [6.45, 7) is 6.88. The van der Waals surface area contributed by atoms with E-state index < -0.39 is 17.7 Å². The average Bonchev–Trinajstić information content (AvgIpc) is 3.05. The number of hydrogen-bond donors (Lipinski definition) is 1. The molecule has 1 aliphatic heterocycles. The van der Waals surface area contributed by atoms with E-state index in [0.29, 0.717) is 29.5 Å². The number of methoxy groups -OCH3 is 1. The van der Waals surface area contributed by atoms with Gasteiger partial charge in [0.05, 0.1) is 35.9 Å². The molecule has 0 bridgehead atoms. The normalized spacial score (nSPS) is 17.5. The largest absolute Gasteiger partial charge is 0.507 e. The van der Waals surface area contributed by atoms with Gasteiger partial charge in [0, 0.05) is 6.54 Å². The minimum Gasteiger partial charge on any atom is -0.507 e. The van der Waals surface area contributed by atoms with Crippen molar-refractivity contribution in [2.75, 3.05) is 20.3 Å². The van der Waals surface area contributed by atoms with Gasteiger partial charge in [0.25, 0.3) is 11.7 Å². The molecule has 6 nitrogen and oxygen atoms in total. The fourth-order valence-corrected chi connectivity index (χ4v) is 4.36. The third kappa shape index (κ3) is 5.01. The zero-order valence-corrected chi connectivity index (χ0v) is 20.2. The molecule has 33 heavy (non-hydrogen) atoms. The van der Waals surface area contributed by atoms with Crippen molar-refractivity contribution in [3.63, 3.8) is 0 Å². The van der Waals surface area contributed by atoms with Crippen LogP contribution in [0.1, 0.15) is 55.8 Å². The van der Waals surface area contributed by atoms with Crippen LogP contribution in [0.15, 0.2) is 42.0 Å². The van der Waals surface area contributed by atoms with Crippen LogP contribution in [0.25, 0.3) is 5.76 Å². The summed E-state index contributed by atoms with van der Waals surface area (Å²) in [5.41, 5.74) is 1.81. The lowest BCUT2D eigenvalue weighted by Gasteiger charge is -2.25. The predicted octanol–water partition coefficient (Wildman–Crippen LogP) is 5.67. The van der Waals surface area contributed by atoms with E-state index in [0.717, 1.165) is 24.8 Å². The Balaban J connectivity index is 2.17. The van der Waals surface area contributed by atoms with Crippen molar-refractivity contribution in [3.8, 4) is 11.5 Å². The first-order valence-corrected chi connectivity index (χ1v) is 11.6. The molecule has 1 aliphatic rings. The van der Waals surface area contributed by atoms with E-state index in [2.05, 4.69) is 0 Å². The maximum Gasteiger partial charge on any atom is 0.295 e. The van der Waals surface area contributed by atoms with Crippen molar-refractivity contribution >= 4 is 29.1 Å². The lowest BCUT2D eigenvalue weighted by molar-refractivity contribution is -0.139. The van der Waals surface area contributed by atoms with E-state index in [4.69, 9.17) is 21.1 Å². The average molecular weight is 472 g/mol. The number of aliphatic hydroxyl groups excluding tert-OH is 1. The van der Waals surface area contributed by atoms with E-state index in [1.807, 2.05) is 45.0 Å². The Hall–Kier alpha value is -2.99. The molecule has 0 radical (unpaired) electrons. The third-order valence-electron chi connectivity index (χ3n) is 5.61. The van der Waals surface area contributed by atoms with Crippen LogP contribution in [0, 0.1) is 6.92 Å². The number of ketones is 1. The highest BCUT2D eigenvalue weighted by Crippen LogP contribution is 2.43. The Morgan fingerprint density at radius 2 is 1.82 bits per heavy atom. The highest BCUT2D eigenvalue weighted by molar-refractivity contribution is 6.46. The maximum atomic E-state index is 13.1. The quantitative estimate of drug-likeness (QED) is 0.290. The molecule has 0 saturated carbocycles. The summed E-state index contributed by atoms with van der Waals surface area (Å²) in [6, 6.07) is 9.97. The number of amides is 1. The molecule has 1 amide bonds. The van der Waals surface area contributed by atoms with Gasteiger partial charge in [-0.1, -0.05) is 44.0 Å². The first-order chi connectivity index (χ1) is 15.8. The predicted molar refractivity (Wildman–Crippen MR) is 129 cm³/mol. The molecule has 1 heterocycles. The van der Waals surface area contributed by atoms with Crippen LogP contribution >= 0.6 is 11.6 Å². The highest BCUT2D eigenvalue weighted by atomic mass is 35.5. The number of benzene rings is 2. The Bertz CT molecular complexity index is 1060. The summed E-state index contributed by atoms with van der Waals surface area (Å²) in [4.78, 5) is 27.7. The number of hydrogen-bond acceptors (Lipinski definition) is 5. The third-order valence-corrected chi connectivity index (χ3v) is 5.89. The Morgan fingerprint density at radius 1 is 1.12 bits per heavy atom. The van der Waals surface area contributed by atoms with Crippen molar-refractivity contribution in [3.05, 3.63) is 63.7 Å². The first kappa shape index (κ1) is 24.6. The number of carbonyl (C=O) groups excluding carboxylic acids is 2. The molecule has 1 fully saturated rings. The van der Waals surface area contributed by atoms with Crippen molar-refractivity contribution in [2.24, 2.45) is 0 Å². The second-order valence-corrected chi connectivity index (χ2v) is 8.50. The molecule has 3 rings (SSSR count). The van der Waals surface area contributed by atoms with Crippen molar-refractivity contribution in [2.45, 2.75) is 46.1 Å². The number of Topliss-reactive ketones (excluding diaryl/α,β-unsaturated/α-hetero) is 1. The van der Waals surface area contributed by atoms with E-state index in [1.165, 1.54) is 12.0 Å². The van der Waals surface area contributed by atoms with Crippen LogP contribution in [-0.4, -0.2) is 42.0 Å². The van der Waals surface area contributed by atoms with Crippen molar-refractivity contribution < 1.29 is 24.2 Å². The number of carbonyl (C=O) groups is 2. The first-order valence-electron chi connectivity index (χ1n) is 11.2. The molecular weight excluding hydrogens is 442 g/mol. The van der Waals surface area contributed by atoms with Crippen LogP contribution in [-0.2, 0) is 9.59 Å². The molecule has 0 aliphatic carbocycles. The molecule has 0 aromatic heterocycles. The topological polar surface area (TPSA) is 76.1 Å². The number of unbranched alkanes of at least 4 members (excludes halogenated alkanes) is 1. The Morgan fingerprint density at radius 3 is 2.42 bits per heavy atom. The fraction of sp³-hybridized carbons (Fsp3) is 0.385. The molecule has 176 valence electrons. The molecule has 1 atom stereocenters. The number of halogens is 1. The van der Waals surface area contributed by atoms with Gasteiger partial charge in [0.1, 0.15) is 17.3 Å². The van der Waals surface area contributed by atoms with E-state index >= 15 is 0 Å². The second-order valence-electron chi connectivity index (χ2n) is 8.09. The molecule has 0 spiro atoms. The van der Waals surface area contributed by atoms with Crippen LogP contribution in [0.2, 0.25) is 5.02 Å². The summed E-state index contributed by atoms with van der Waals surface area (Å²) in [5, 5.41) is 11.6. The smallest absolute Gasteiger partial charge is 0.295 e. The fourth-order valence-electron chi connectivity index (χ4n) is 4.01. The number of rotatable bonds is 9. The maximum absolute atomic E-state index is 13.1. The number of nitrogens with zero attached hydrogens (tertiary/aromatic N) is 1. The van der Waals surface area contributed by atoms with Crippen LogP contribution in [0.3, 0.4) is 0 Å². The number of ether oxygens (including phenoxy) is 2. The van der Waals surface area contributed by atoms with Gasteiger partial charge < -0.3 is 19.5 Å². The molecule has 2 aromatic rings. The Kier molecular flexibility index (Phi) is 8.03. The van der Waals surface area contributed by atoms with Gasteiger partial charge in [-0.2, -0.15) is 0 Å². The van der Waals surface area contributed by atoms with E-state index in [9.17, 15) is 14.7 Å². The van der Waals surface area contributed by atoms with Gasteiger partial charge in [-0.3, -0.25) is 9.59 Å². The molecule has 1 saturated heterocycles. The number of aliphatic hydroxyl groups is 1. The van der Waals surface area contributed by atoms with Gasteiger partial charge in [-0.05, 0) is 55.2 Å². The zero-order chi connectivity index (χ0) is 24.1. The number of aryl methyl sites for hydroxylation is 1. The second kappa shape index (κ2) is 10.8. The van der Waals surface area contributed by atoms with Crippen LogP contribution in [0.4, 0.5) is 0 Å². The molecule has 7 heteroatoms. The lowest BCUT2D eigenvalue weighted by atomic mass is 9.94. The summed E-state index contributed by atoms with van der Waals surface area (Å²) in [6.07, 6.45) is 2.49. The summed E-state index contributed by atoms with van der Waals surface area (Å²) in [7, 11) is 1.44. The lowest BCUT2D eigenvalue weighted by Crippen LogP contribution is -2.30. The summed E-state index contributed by atoms with van der Waals surface area (Å²) in [5.74, 6) is -0.690. The molecule has 1 N–H and O–H groups in total. The van der Waals surface area contributed by atoms with Gasteiger partial charge in [0.2, 0.25) is 0 Å². The minimum atomic E-state index is -0.723. The molecular formula is C26H30ClNO5. The van der Waals surface area contributed by atoms with Gasteiger partial charge in [0.15, 0.2) is 0 Å². The molecule has 1 unspecified atom stereocenters. The van der Waals surface area contributed by atoms with Gasteiger partial charge >= 0.3 is 0 Å². The summed E-state index contributed by atoms with van der Waals surface area (Å²) < 4.78 is 11.1. The van der Waals surface area contributed by atoms with Gasteiger partial charge in [-0.15, -0.1) is 0 Å². The molecule has 2 aromatic carbocycles. The van der Waals surface area contributed by atoms with Crippen LogP contribution in [0.5, 0.6) is 11.5 Å². The minimum absolute atomic E-state index is 0.0262. The zero-order valence-electron chi connectivity index (χ0n) is 19.5. The van der Waals surface area contributed by atoms with Crippen molar-refractivity contribution in [1.82, 2.24) is 4.90 Å². The SMILES string of the molecule is CCCCN1C(=O)C(=O)/C(=C(/O)c2cc(C)cc(Cl)c2OC)C1c1ccc(OCCC)cc1. The number of likely N-dealkylation sites (tertiary alicyclic amines) is 1. The van der Waals surface area contributed by atoms with E-state index in [-0.39, 0.29) is 22.6 Å².